The highest BCUT2D eigenvalue weighted by molar-refractivity contribution is 7.11. The average Bonchev–Trinajstić information content (AvgIpc) is 2.66. The zero-order valence-electron chi connectivity index (χ0n) is 10.0. The van der Waals surface area contributed by atoms with Crippen molar-refractivity contribution >= 4 is 11.3 Å². The van der Waals surface area contributed by atoms with Gasteiger partial charge < -0.3 is 5.32 Å². The molecular weight excluding hydrogens is 204 g/mol. The van der Waals surface area contributed by atoms with Gasteiger partial charge in [0.1, 0.15) is 0 Å². The minimum absolute atomic E-state index is 0.639. The molecule has 1 rings (SSSR count). The molecule has 1 N–H and O–H groups in total. The summed E-state index contributed by atoms with van der Waals surface area (Å²) in [5.74, 6) is 0. The Labute approximate surface area is 97.1 Å². The lowest BCUT2D eigenvalue weighted by Crippen LogP contribution is -2.27. The highest BCUT2D eigenvalue weighted by atomic mass is 32.1. The molecule has 15 heavy (non-hydrogen) atoms. The third-order valence-electron chi connectivity index (χ3n) is 2.50. The van der Waals surface area contributed by atoms with Crippen LogP contribution in [0.1, 0.15) is 43.5 Å². The van der Waals surface area contributed by atoms with Crippen LogP contribution in [0.5, 0.6) is 0 Å². The number of thiazole rings is 1. The van der Waals surface area contributed by atoms with Crippen molar-refractivity contribution in [1.29, 1.82) is 0 Å². The van der Waals surface area contributed by atoms with Crippen molar-refractivity contribution in [3.8, 4) is 0 Å². The smallest absolute Gasteiger partial charge is 0.0940 e. The van der Waals surface area contributed by atoms with Gasteiger partial charge in [-0.1, -0.05) is 20.3 Å². The van der Waals surface area contributed by atoms with Crippen molar-refractivity contribution in [2.45, 2.75) is 52.5 Å². The summed E-state index contributed by atoms with van der Waals surface area (Å²) in [7, 11) is 0. The Morgan fingerprint density at radius 3 is 2.87 bits per heavy atom. The van der Waals surface area contributed by atoms with Crippen molar-refractivity contribution in [1.82, 2.24) is 10.3 Å². The Kier molecular flexibility index (Phi) is 5.88. The molecule has 0 spiro atoms. The summed E-state index contributed by atoms with van der Waals surface area (Å²) >= 11 is 1.85. The van der Waals surface area contributed by atoms with Gasteiger partial charge in [0.05, 0.1) is 5.01 Å². The second kappa shape index (κ2) is 6.96. The SMILES string of the molecule is CCCC(C)NCCc1ncc(CC)s1. The Morgan fingerprint density at radius 1 is 1.47 bits per heavy atom. The van der Waals surface area contributed by atoms with Gasteiger partial charge in [-0.25, -0.2) is 4.98 Å². The van der Waals surface area contributed by atoms with Crippen LogP contribution in [0, 0.1) is 0 Å². The van der Waals surface area contributed by atoms with Crippen molar-refractivity contribution in [3.05, 3.63) is 16.1 Å². The van der Waals surface area contributed by atoms with Crippen molar-refractivity contribution in [3.63, 3.8) is 0 Å². The molecule has 3 heteroatoms. The first-order valence-electron chi connectivity index (χ1n) is 5.93. The molecule has 0 aromatic carbocycles. The first kappa shape index (κ1) is 12.7. The van der Waals surface area contributed by atoms with Crippen LogP contribution in [-0.2, 0) is 12.8 Å². The molecule has 0 fully saturated rings. The lowest BCUT2D eigenvalue weighted by atomic mass is 10.2. The van der Waals surface area contributed by atoms with Crippen LogP contribution in [0.15, 0.2) is 6.20 Å². The third kappa shape index (κ3) is 4.76. The monoisotopic (exact) mass is 226 g/mol. The van der Waals surface area contributed by atoms with Gasteiger partial charge in [0, 0.05) is 30.1 Å². The fraction of sp³-hybridized carbons (Fsp3) is 0.750. The molecule has 0 saturated carbocycles. The topological polar surface area (TPSA) is 24.9 Å². The number of hydrogen-bond donors (Lipinski definition) is 1. The zero-order valence-corrected chi connectivity index (χ0v) is 10.9. The van der Waals surface area contributed by atoms with Crippen LogP contribution in [0.25, 0.3) is 0 Å². The van der Waals surface area contributed by atoms with E-state index in [1.165, 1.54) is 22.7 Å². The molecular formula is C12H22N2S. The van der Waals surface area contributed by atoms with Crippen LogP contribution in [-0.4, -0.2) is 17.6 Å². The van der Waals surface area contributed by atoms with Gasteiger partial charge in [-0.05, 0) is 19.8 Å². The van der Waals surface area contributed by atoms with Crippen LogP contribution in [0.2, 0.25) is 0 Å². The maximum absolute atomic E-state index is 4.41. The van der Waals surface area contributed by atoms with E-state index >= 15 is 0 Å². The van der Waals surface area contributed by atoms with E-state index in [9.17, 15) is 0 Å². The molecule has 2 nitrogen and oxygen atoms in total. The number of nitrogens with zero attached hydrogens (tertiary/aromatic N) is 1. The van der Waals surface area contributed by atoms with Gasteiger partial charge in [0.2, 0.25) is 0 Å². The molecule has 0 bridgehead atoms. The summed E-state index contributed by atoms with van der Waals surface area (Å²) in [6.07, 6.45) is 6.70. The normalized spacial score (nSPS) is 13.0. The van der Waals surface area contributed by atoms with Crippen LogP contribution in [0.3, 0.4) is 0 Å². The molecule has 0 saturated heterocycles. The van der Waals surface area contributed by atoms with Gasteiger partial charge in [-0.2, -0.15) is 0 Å². The van der Waals surface area contributed by atoms with E-state index in [0.717, 1.165) is 19.4 Å². The van der Waals surface area contributed by atoms with Crippen molar-refractivity contribution < 1.29 is 0 Å². The van der Waals surface area contributed by atoms with Gasteiger partial charge >= 0.3 is 0 Å². The first-order chi connectivity index (χ1) is 7.26. The van der Waals surface area contributed by atoms with Gasteiger partial charge in [-0.3, -0.25) is 0 Å². The Balaban J connectivity index is 2.19. The van der Waals surface area contributed by atoms with E-state index in [0.29, 0.717) is 6.04 Å². The van der Waals surface area contributed by atoms with E-state index < -0.39 is 0 Å². The maximum Gasteiger partial charge on any atom is 0.0940 e. The van der Waals surface area contributed by atoms with E-state index in [4.69, 9.17) is 0 Å². The summed E-state index contributed by atoms with van der Waals surface area (Å²) in [5, 5.41) is 4.79. The second-order valence-electron chi connectivity index (χ2n) is 3.97. The summed E-state index contributed by atoms with van der Waals surface area (Å²) in [5.41, 5.74) is 0. The molecule has 0 aliphatic rings. The zero-order chi connectivity index (χ0) is 11.1. The maximum atomic E-state index is 4.41. The number of aromatic nitrogens is 1. The Hall–Kier alpha value is -0.410. The molecule has 86 valence electrons. The standard InChI is InChI=1S/C12H22N2S/c1-4-6-10(3)13-8-7-12-14-9-11(5-2)15-12/h9-10,13H,4-8H2,1-3H3. The summed E-state index contributed by atoms with van der Waals surface area (Å²) < 4.78 is 0. The van der Waals surface area contributed by atoms with E-state index in [1.807, 2.05) is 17.5 Å². The number of aryl methyl sites for hydroxylation is 1. The molecule has 1 aromatic heterocycles. The highest BCUT2D eigenvalue weighted by Gasteiger charge is 2.02. The van der Waals surface area contributed by atoms with Crippen molar-refractivity contribution in [2.24, 2.45) is 0 Å². The molecule has 0 amide bonds. The summed E-state index contributed by atoms with van der Waals surface area (Å²) in [4.78, 5) is 5.80. The number of hydrogen-bond acceptors (Lipinski definition) is 3. The number of rotatable bonds is 7. The molecule has 1 unspecified atom stereocenters. The predicted molar refractivity (Wildman–Crippen MR) is 67.6 cm³/mol. The average molecular weight is 226 g/mol. The summed E-state index contributed by atoms with van der Waals surface area (Å²) in [6.45, 7) is 7.71. The largest absolute Gasteiger partial charge is 0.314 e. The Morgan fingerprint density at radius 2 is 2.27 bits per heavy atom. The molecule has 1 aromatic rings. The van der Waals surface area contributed by atoms with Gasteiger partial charge in [0.15, 0.2) is 0 Å². The number of nitrogens with one attached hydrogen (secondary N) is 1. The fourth-order valence-electron chi connectivity index (χ4n) is 1.59. The van der Waals surface area contributed by atoms with E-state index in [-0.39, 0.29) is 0 Å². The molecule has 0 aliphatic carbocycles. The molecule has 1 atom stereocenters. The lowest BCUT2D eigenvalue weighted by Gasteiger charge is -2.11. The quantitative estimate of drug-likeness (QED) is 0.773. The molecule has 0 aliphatic heterocycles. The lowest BCUT2D eigenvalue weighted by molar-refractivity contribution is 0.512. The highest BCUT2D eigenvalue weighted by Crippen LogP contribution is 2.13. The van der Waals surface area contributed by atoms with Crippen molar-refractivity contribution in [2.75, 3.05) is 6.54 Å². The second-order valence-corrected chi connectivity index (χ2v) is 5.17. The summed E-state index contributed by atoms with van der Waals surface area (Å²) in [6, 6.07) is 0.639. The molecule has 1 heterocycles. The van der Waals surface area contributed by atoms with Gasteiger partial charge in [0.25, 0.3) is 0 Å². The van der Waals surface area contributed by atoms with Crippen LogP contribution < -0.4 is 5.32 Å². The predicted octanol–water partition coefficient (Wildman–Crippen LogP) is 3.03. The fourth-order valence-corrected chi connectivity index (χ4v) is 2.45. The van der Waals surface area contributed by atoms with E-state index in [2.05, 4.69) is 31.1 Å². The van der Waals surface area contributed by atoms with Crippen LogP contribution in [0.4, 0.5) is 0 Å². The van der Waals surface area contributed by atoms with Gasteiger partial charge in [-0.15, -0.1) is 11.3 Å². The van der Waals surface area contributed by atoms with E-state index in [1.54, 1.807) is 0 Å². The Bertz CT molecular complexity index is 270. The molecule has 0 radical (unpaired) electrons. The first-order valence-corrected chi connectivity index (χ1v) is 6.74. The minimum Gasteiger partial charge on any atom is -0.314 e. The third-order valence-corrected chi connectivity index (χ3v) is 3.70. The minimum atomic E-state index is 0.639. The van der Waals surface area contributed by atoms with Crippen LogP contribution >= 0.6 is 11.3 Å².